The van der Waals surface area contributed by atoms with Gasteiger partial charge in [0.15, 0.2) is 6.10 Å². The van der Waals surface area contributed by atoms with Crippen molar-refractivity contribution >= 4 is 33.1 Å². The smallest absolute Gasteiger partial charge is 0.265 e. The van der Waals surface area contributed by atoms with Crippen LogP contribution in [0.5, 0.6) is 5.75 Å². The van der Waals surface area contributed by atoms with E-state index in [1.165, 1.54) is 10.3 Å². The Bertz CT molecular complexity index is 1100. The van der Waals surface area contributed by atoms with E-state index in [1.807, 2.05) is 60.7 Å². The van der Waals surface area contributed by atoms with Gasteiger partial charge in [-0.05, 0) is 67.9 Å². The Kier molecular flexibility index (Phi) is 5.08. The number of anilines is 1. The minimum atomic E-state index is -0.588. The molecule has 4 nitrogen and oxygen atoms in total. The zero-order valence-corrected chi connectivity index (χ0v) is 16.5. The van der Waals surface area contributed by atoms with E-state index < -0.39 is 6.10 Å². The number of aryl methyl sites for hydroxylation is 1. The first-order valence-electron chi connectivity index (χ1n) is 9.09. The normalized spacial score (nSPS) is 11.9. The maximum atomic E-state index is 12.4. The Morgan fingerprint density at radius 2 is 1.79 bits per heavy atom. The van der Waals surface area contributed by atoms with Crippen molar-refractivity contribution in [1.82, 2.24) is 4.98 Å². The van der Waals surface area contributed by atoms with Crippen molar-refractivity contribution < 1.29 is 9.53 Å². The Hall–Kier alpha value is -3.18. The van der Waals surface area contributed by atoms with Gasteiger partial charge in [-0.3, -0.25) is 4.79 Å². The number of amides is 1. The van der Waals surface area contributed by atoms with E-state index in [0.29, 0.717) is 5.75 Å². The van der Waals surface area contributed by atoms with Crippen molar-refractivity contribution in [2.24, 2.45) is 0 Å². The standard InChI is InChI=1S/C23H20N2O2S/c1-15-8-13-20-21(14-15)28-23(25-20)17-9-11-18(12-10-17)24-22(26)16(2)27-19-6-4-3-5-7-19/h3-14,16H,1-2H3,(H,24,26). The second-order valence-electron chi connectivity index (χ2n) is 6.63. The number of aromatic nitrogens is 1. The summed E-state index contributed by atoms with van der Waals surface area (Å²) in [7, 11) is 0. The molecule has 0 spiro atoms. The van der Waals surface area contributed by atoms with Crippen LogP contribution in [0.25, 0.3) is 20.8 Å². The molecule has 0 aliphatic heterocycles. The molecule has 0 bridgehead atoms. The van der Waals surface area contributed by atoms with Crippen LogP contribution >= 0.6 is 11.3 Å². The third kappa shape index (κ3) is 4.05. The molecule has 1 atom stereocenters. The first-order chi connectivity index (χ1) is 13.6. The van der Waals surface area contributed by atoms with Crippen LogP contribution in [0.4, 0.5) is 5.69 Å². The lowest BCUT2D eigenvalue weighted by Crippen LogP contribution is -2.30. The molecule has 1 amide bonds. The molecular formula is C23H20N2O2S. The Morgan fingerprint density at radius 1 is 1.04 bits per heavy atom. The van der Waals surface area contributed by atoms with Gasteiger partial charge in [0.2, 0.25) is 0 Å². The van der Waals surface area contributed by atoms with Crippen LogP contribution in [0.1, 0.15) is 12.5 Å². The van der Waals surface area contributed by atoms with E-state index in [2.05, 4.69) is 24.4 Å². The number of ether oxygens (including phenoxy) is 1. The fraction of sp³-hybridized carbons (Fsp3) is 0.130. The number of carbonyl (C=O) groups excluding carboxylic acids is 1. The predicted octanol–water partition coefficient (Wildman–Crippen LogP) is 5.68. The van der Waals surface area contributed by atoms with Gasteiger partial charge >= 0.3 is 0 Å². The van der Waals surface area contributed by atoms with Crippen LogP contribution in [-0.2, 0) is 4.79 Å². The van der Waals surface area contributed by atoms with Gasteiger partial charge in [-0.2, -0.15) is 0 Å². The van der Waals surface area contributed by atoms with E-state index >= 15 is 0 Å². The minimum Gasteiger partial charge on any atom is -0.481 e. The van der Waals surface area contributed by atoms with Crippen LogP contribution in [-0.4, -0.2) is 17.0 Å². The van der Waals surface area contributed by atoms with Crippen molar-refractivity contribution in [1.29, 1.82) is 0 Å². The number of para-hydroxylation sites is 1. The molecule has 140 valence electrons. The first-order valence-corrected chi connectivity index (χ1v) is 9.90. The lowest BCUT2D eigenvalue weighted by molar-refractivity contribution is -0.122. The summed E-state index contributed by atoms with van der Waals surface area (Å²) in [6, 6.07) is 23.3. The second-order valence-corrected chi connectivity index (χ2v) is 7.66. The summed E-state index contributed by atoms with van der Waals surface area (Å²) in [5.41, 5.74) is 4.00. The molecule has 1 aromatic heterocycles. The minimum absolute atomic E-state index is 0.188. The Balaban J connectivity index is 1.44. The maximum Gasteiger partial charge on any atom is 0.265 e. The second kappa shape index (κ2) is 7.82. The van der Waals surface area contributed by atoms with Crippen molar-refractivity contribution in [2.45, 2.75) is 20.0 Å². The summed E-state index contributed by atoms with van der Waals surface area (Å²) in [6.07, 6.45) is -0.588. The molecule has 0 fully saturated rings. The van der Waals surface area contributed by atoms with Crippen LogP contribution in [0.15, 0.2) is 72.8 Å². The Morgan fingerprint density at radius 3 is 2.54 bits per heavy atom. The number of hydrogen-bond acceptors (Lipinski definition) is 4. The maximum absolute atomic E-state index is 12.4. The number of thiazole rings is 1. The zero-order chi connectivity index (χ0) is 19.5. The van der Waals surface area contributed by atoms with Crippen molar-refractivity contribution in [2.75, 3.05) is 5.32 Å². The number of fused-ring (bicyclic) bond motifs is 1. The molecule has 0 saturated carbocycles. The highest BCUT2D eigenvalue weighted by molar-refractivity contribution is 7.21. The number of nitrogens with zero attached hydrogens (tertiary/aromatic N) is 1. The predicted molar refractivity (Wildman–Crippen MR) is 115 cm³/mol. The first kappa shape index (κ1) is 18.2. The molecule has 5 heteroatoms. The number of nitrogens with one attached hydrogen (secondary N) is 1. The van der Waals surface area contributed by atoms with Gasteiger partial charge in [0.05, 0.1) is 10.2 Å². The fourth-order valence-corrected chi connectivity index (χ4v) is 3.92. The molecule has 0 saturated heterocycles. The third-order valence-electron chi connectivity index (χ3n) is 4.37. The average Bonchev–Trinajstić information content (AvgIpc) is 3.12. The van der Waals surface area contributed by atoms with E-state index in [1.54, 1.807) is 18.3 Å². The Labute approximate surface area is 167 Å². The highest BCUT2D eigenvalue weighted by Crippen LogP contribution is 2.31. The summed E-state index contributed by atoms with van der Waals surface area (Å²) in [4.78, 5) is 17.1. The number of hydrogen-bond donors (Lipinski definition) is 1. The SMILES string of the molecule is Cc1ccc2nc(-c3ccc(NC(=O)C(C)Oc4ccccc4)cc3)sc2c1. The van der Waals surface area contributed by atoms with Gasteiger partial charge in [0.25, 0.3) is 5.91 Å². The summed E-state index contributed by atoms with van der Waals surface area (Å²) >= 11 is 1.67. The van der Waals surface area contributed by atoms with Gasteiger partial charge < -0.3 is 10.1 Å². The van der Waals surface area contributed by atoms with Gasteiger partial charge in [-0.25, -0.2) is 4.98 Å². The molecule has 0 aliphatic carbocycles. The fourth-order valence-electron chi connectivity index (χ4n) is 2.85. The molecule has 1 heterocycles. The molecule has 1 N–H and O–H groups in total. The quantitative estimate of drug-likeness (QED) is 0.479. The zero-order valence-electron chi connectivity index (χ0n) is 15.7. The van der Waals surface area contributed by atoms with Gasteiger partial charge in [-0.15, -0.1) is 11.3 Å². The number of benzene rings is 3. The van der Waals surface area contributed by atoms with E-state index in [4.69, 9.17) is 9.72 Å². The summed E-state index contributed by atoms with van der Waals surface area (Å²) in [5, 5.41) is 3.87. The van der Waals surface area contributed by atoms with Crippen molar-refractivity contribution in [3.05, 3.63) is 78.4 Å². The van der Waals surface area contributed by atoms with Gasteiger partial charge in [0, 0.05) is 11.3 Å². The molecule has 28 heavy (non-hydrogen) atoms. The summed E-state index contributed by atoms with van der Waals surface area (Å²) in [5.74, 6) is 0.485. The number of carbonyl (C=O) groups is 1. The van der Waals surface area contributed by atoms with Crippen LogP contribution in [0.2, 0.25) is 0 Å². The largest absolute Gasteiger partial charge is 0.481 e. The van der Waals surface area contributed by atoms with E-state index in [0.717, 1.165) is 21.8 Å². The van der Waals surface area contributed by atoms with E-state index in [-0.39, 0.29) is 5.91 Å². The topological polar surface area (TPSA) is 51.2 Å². The molecule has 3 aromatic carbocycles. The van der Waals surface area contributed by atoms with E-state index in [9.17, 15) is 4.79 Å². The van der Waals surface area contributed by atoms with Crippen molar-refractivity contribution in [3.8, 4) is 16.3 Å². The lowest BCUT2D eigenvalue weighted by atomic mass is 10.2. The van der Waals surface area contributed by atoms with Crippen LogP contribution in [0, 0.1) is 6.92 Å². The highest BCUT2D eigenvalue weighted by Gasteiger charge is 2.15. The average molecular weight is 388 g/mol. The van der Waals surface area contributed by atoms with Crippen molar-refractivity contribution in [3.63, 3.8) is 0 Å². The number of rotatable bonds is 5. The molecule has 0 aliphatic rings. The summed E-state index contributed by atoms with van der Waals surface area (Å²) < 4.78 is 6.84. The lowest BCUT2D eigenvalue weighted by Gasteiger charge is -2.14. The summed E-state index contributed by atoms with van der Waals surface area (Å²) in [6.45, 7) is 3.82. The highest BCUT2D eigenvalue weighted by atomic mass is 32.1. The molecule has 0 radical (unpaired) electrons. The van der Waals surface area contributed by atoms with Crippen LogP contribution < -0.4 is 10.1 Å². The molecular weight excluding hydrogens is 368 g/mol. The van der Waals surface area contributed by atoms with Gasteiger partial charge in [0.1, 0.15) is 10.8 Å². The molecule has 1 unspecified atom stereocenters. The molecule has 4 rings (SSSR count). The van der Waals surface area contributed by atoms with Crippen LogP contribution in [0.3, 0.4) is 0 Å². The monoisotopic (exact) mass is 388 g/mol. The van der Waals surface area contributed by atoms with Gasteiger partial charge in [-0.1, -0.05) is 24.3 Å². The molecule has 4 aromatic rings. The third-order valence-corrected chi connectivity index (χ3v) is 5.44.